The van der Waals surface area contributed by atoms with Crippen LogP contribution in [-0.2, 0) is 0 Å². The SMILES string of the molecule is [B]C(C)CCCC1CN(C)C(C)=C1C. The van der Waals surface area contributed by atoms with Crippen LogP contribution in [0.4, 0.5) is 0 Å². The highest BCUT2D eigenvalue weighted by atomic mass is 15.1. The molecule has 1 nitrogen and oxygen atoms in total. The molecule has 14 heavy (non-hydrogen) atoms. The summed E-state index contributed by atoms with van der Waals surface area (Å²) in [4.78, 5) is 2.37. The molecule has 0 aromatic heterocycles. The van der Waals surface area contributed by atoms with E-state index in [0.29, 0.717) is 5.82 Å². The molecule has 0 N–H and O–H groups in total. The summed E-state index contributed by atoms with van der Waals surface area (Å²) in [6.07, 6.45) is 3.72. The lowest BCUT2D eigenvalue weighted by molar-refractivity contribution is 0.392. The van der Waals surface area contributed by atoms with Crippen molar-refractivity contribution < 1.29 is 0 Å². The van der Waals surface area contributed by atoms with E-state index in [1.165, 1.54) is 25.1 Å². The Bertz CT molecular complexity index is 220. The van der Waals surface area contributed by atoms with Crippen LogP contribution in [0.5, 0.6) is 0 Å². The lowest BCUT2D eigenvalue weighted by Gasteiger charge is -2.15. The Kier molecular flexibility index (Phi) is 4.09. The second-order valence-electron chi connectivity index (χ2n) is 4.75. The Hall–Kier alpha value is -0.395. The van der Waals surface area contributed by atoms with Crippen LogP contribution in [0.15, 0.2) is 11.3 Å². The van der Waals surface area contributed by atoms with Crippen molar-refractivity contribution in [2.75, 3.05) is 13.6 Å². The van der Waals surface area contributed by atoms with Gasteiger partial charge >= 0.3 is 0 Å². The molecule has 1 aliphatic heterocycles. The van der Waals surface area contributed by atoms with Gasteiger partial charge in [0.25, 0.3) is 0 Å². The van der Waals surface area contributed by atoms with Gasteiger partial charge in [-0.1, -0.05) is 25.6 Å². The maximum atomic E-state index is 5.74. The standard InChI is InChI=1S/C12H22BN/c1-9(13)6-5-7-12-8-14(4)11(3)10(12)2/h9,12H,5-8H2,1-4H3. The van der Waals surface area contributed by atoms with Crippen LogP contribution in [-0.4, -0.2) is 26.3 Å². The van der Waals surface area contributed by atoms with E-state index in [9.17, 15) is 0 Å². The number of allylic oxidation sites excluding steroid dienone is 1. The molecule has 2 unspecified atom stereocenters. The normalized spacial score (nSPS) is 24.6. The minimum absolute atomic E-state index is 0.361. The molecule has 1 heterocycles. The third-order valence-electron chi connectivity index (χ3n) is 3.46. The summed E-state index contributed by atoms with van der Waals surface area (Å²) in [5.41, 5.74) is 3.05. The highest BCUT2D eigenvalue weighted by molar-refractivity contribution is 6.11. The van der Waals surface area contributed by atoms with Crippen molar-refractivity contribution in [1.82, 2.24) is 4.90 Å². The highest BCUT2D eigenvalue weighted by Gasteiger charge is 2.22. The first-order chi connectivity index (χ1) is 6.52. The van der Waals surface area contributed by atoms with Gasteiger partial charge < -0.3 is 4.90 Å². The minimum atomic E-state index is 0.361. The fourth-order valence-electron chi connectivity index (χ4n) is 2.19. The van der Waals surface area contributed by atoms with E-state index in [0.717, 1.165) is 12.3 Å². The Morgan fingerprint density at radius 2 is 2.14 bits per heavy atom. The van der Waals surface area contributed by atoms with Crippen LogP contribution in [0.3, 0.4) is 0 Å². The zero-order chi connectivity index (χ0) is 10.7. The van der Waals surface area contributed by atoms with Crippen molar-refractivity contribution in [2.45, 2.75) is 45.9 Å². The van der Waals surface area contributed by atoms with E-state index in [1.54, 1.807) is 5.57 Å². The first kappa shape index (κ1) is 11.7. The van der Waals surface area contributed by atoms with Gasteiger partial charge in [-0.25, -0.2) is 0 Å². The Morgan fingerprint density at radius 1 is 1.50 bits per heavy atom. The predicted molar refractivity (Wildman–Crippen MR) is 63.5 cm³/mol. The molecular formula is C12H22BN. The predicted octanol–water partition coefficient (Wildman–Crippen LogP) is 2.99. The fourth-order valence-corrected chi connectivity index (χ4v) is 2.19. The highest BCUT2D eigenvalue weighted by Crippen LogP contribution is 2.30. The lowest BCUT2D eigenvalue weighted by Crippen LogP contribution is -2.15. The van der Waals surface area contributed by atoms with Gasteiger partial charge in [0.1, 0.15) is 0 Å². The van der Waals surface area contributed by atoms with Gasteiger partial charge in [0.2, 0.25) is 0 Å². The van der Waals surface area contributed by atoms with E-state index >= 15 is 0 Å². The quantitative estimate of drug-likeness (QED) is 0.617. The summed E-state index contributed by atoms with van der Waals surface area (Å²) < 4.78 is 0. The van der Waals surface area contributed by atoms with Crippen LogP contribution >= 0.6 is 0 Å². The van der Waals surface area contributed by atoms with Gasteiger partial charge in [-0.05, 0) is 31.8 Å². The molecule has 2 heteroatoms. The molecule has 0 aromatic rings. The monoisotopic (exact) mass is 191 g/mol. The number of hydrogen-bond donors (Lipinski definition) is 0. The second kappa shape index (κ2) is 4.90. The summed E-state index contributed by atoms with van der Waals surface area (Å²) in [6, 6.07) is 0. The third kappa shape index (κ3) is 2.80. The second-order valence-corrected chi connectivity index (χ2v) is 4.75. The maximum absolute atomic E-state index is 5.74. The molecule has 0 amide bonds. The van der Waals surface area contributed by atoms with Crippen molar-refractivity contribution in [1.29, 1.82) is 0 Å². The first-order valence-electron chi connectivity index (χ1n) is 5.66. The first-order valence-corrected chi connectivity index (χ1v) is 5.66. The van der Waals surface area contributed by atoms with Crippen LogP contribution in [0, 0.1) is 5.92 Å². The summed E-state index contributed by atoms with van der Waals surface area (Å²) in [5, 5.41) is 0. The number of nitrogens with zero attached hydrogens (tertiary/aromatic N) is 1. The molecule has 0 fully saturated rings. The maximum Gasteiger partial charge on any atom is 0.0695 e. The van der Waals surface area contributed by atoms with Gasteiger partial charge in [-0.15, -0.1) is 0 Å². The van der Waals surface area contributed by atoms with E-state index in [1.807, 2.05) is 0 Å². The molecule has 78 valence electrons. The molecule has 2 radical (unpaired) electrons. The molecule has 2 atom stereocenters. The van der Waals surface area contributed by atoms with Crippen LogP contribution < -0.4 is 0 Å². The lowest BCUT2D eigenvalue weighted by atomic mass is 9.83. The summed E-state index contributed by atoms with van der Waals surface area (Å²) >= 11 is 0. The molecule has 1 aliphatic rings. The molecule has 0 saturated carbocycles. The van der Waals surface area contributed by atoms with Crippen molar-refractivity contribution >= 4 is 7.85 Å². The van der Waals surface area contributed by atoms with E-state index in [4.69, 9.17) is 7.85 Å². The smallest absolute Gasteiger partial charge is 0.0695 e. The van der Waals surface area contributed by atoms with Crippen LogP contribution in [0.1, 0.15) is 40.0 Å². The molecule has 1 rings (SSSR count). The zero-order valence-corrected chi connectivity index (χ0v) is 10.0. The van der Waals surface area contributed by atoms with E-state index < -0.39 is 0 Å². The molecule has 0 bridgehead atoms. The topological polar surface area (TPSA) is 3.24 Å². The summed E-state index contributed by atoms with van der Waals surface area (Å²) in [5.74, 6) is 1.14. The summed E-state index contributed by atoms with van der Waals surface area (Å²) in [6.45, 7) is 7.79. The van der Waals surface area contributed by atoms with Crippen molar-refractivity contribution in [3.8, 4) is 0 Å². The van der Waals surface area contributed by atoms with Crippen molar-refractivity contribution in [3.05, 3.63) is 11.3 Å². The van der Waals surface area contributed by atoms with Crippen LogP contribution in [0.25, 0.3) is 0 Å². The van der Waals surface area contributed by atoms with Crippen LogP contribution in [0.2, 0.25) is 5.82 Å². The zero-order valence-electron chi connectivity index (χ0n) is 10.0. The molecule has 0 aromatic carbocycles. The molecule has 0 saturated heterocycles. The summed E-state index contributed by atoms with van der Waals surface area (Å²) in [7, 11) is 7.93. The molecule has 0 spiro atoms. The molecular weight excluding hydrogens is 169 g/mol. The number of rotatable bonds is 4. The Morgan fingerprint density at radius 3 is 2.57 bits per heavy atom. The Labute approximate surface area is 90.0 Å². The van der Waals surface area contributed by atoms with Gasteiger partial charge in [-0.2, -0.15) is 0 Å². The number of hydrogen-bond acceptors (Lipinski definition) is 1. The van der Waals surface area contributed by atoms with Crippen molar-refractivity contribution in [3.63, 3.8) is 0 Å². The van der Waals surface area contributed by atoms with E-state index in [2.05, 4.69) is 32.7 Å². The van der Waals surface area contributed by atoms with Gasteiger partial charge in [0, 0.05) is 19.3 Å². The average Bonchev–Trinajstić information content (AvgIpc) is 2.33. The fraction of sp³-hybridized carbons (Fsp3) is 0.833. The van der Waals surface area contributed by atoms with Gasteiger partial charge in [0.05, 0.1) is 7.85 Å². The average molecular weight is 191 g/mol. The largest absolute Gasteiger partial charge is 0.378 e. The third-order valence-corrected chi connectivity index (χ3v) is 3.46. The van der Waals surface area contributed by atoms with Crippen molar-refractivity contribution in [2.24, 2.45) is 5.92 Å². The minimum Gasteiger partial charge on any atom is -0.378 e. The van der Waals surface area contributed by atoms with E-state index in [-0.39, 0.29) is 0 Å². The van der Waals surface area contributed by atoms with Gasteiger partial charge in [-0.3, -0.25) is 0 Å². The Balaban J connectivity index is 2.34. The van der Waals surface area contributed by atoms with Gasteiger partial charge in [0.15, 0.2) is 0 Å². The molecule has 0 aliphatic carbocycles.